The van der Waals surface area contributed by atoms with Crippen LogP contribution in [0.25, 0.3) is 0 Å². The van der Waals surface area contributed by atoms with E-state index in [2.05, 4.69) is 4.98 Å². The molecule has 1 aliphatic rings. The van der Waals surface area contributed by atoms with Gasteiger partial charge in [-0.15, -0.1) is 11.3 Å². The summed E-state index contributed by atoms with van der Waals surface area (Å²) in [5, 5.41) is 9.00. The molecule has 0 aliphatic carbocycles. The van der Waals surface area contributed by atoms with Crippen LogP contribution in [-0.4, -0.2) is 46.7 Å². The Morgan fingerprint density at radius 1 is 1.39 bits per heavy atom. The van der Waals surface area contributed by atoms with Gasteiger partial charge in [-0.1, -0.05) is 0 Å². The highest BCUT2D eigenvalue weighted by Gasteiger charge is 2.53. The van der Waals surface area contributed by atoms with E-state index in [-0.39, 0.29) is 17.9 Å². The van der Waals surface area contributed by atoms with E-state index in [0.717, 1.165) is 9.18 Å². The zero-order valence-corrected chi connectivity index (χ0v) is 16.6. The number of nitrogens with one attached hydrogen (secondary N) is 1. The predicted molar refractivity (Wildman–Crippen MR) is 99.4 cm³/mol. The van der Waals surface area contributed by atoms with Crippen LogP contribution in [0.1, 0.15) is 24.6 Å². The number of aromatic nitrogens is 1. The second-order valence-electron chi connectivity index (χ2n) is 6.34. The molecule has 1 aliphatic heterocycles. The molecule has 3 rings (SSSR count). The molecule has 2 heterocycles. The average molecular weight is 425 g/mol. The number of thiazole rings is 1. The SMILES string of the molecule is C[C@]1(C(=O)NO)C(=O)CCCN1S(=O)(=O)c1ccc(OCc2cncs2)cc1. The lowest BCUT2D eigenvalue weighted by Gasteiger charge is -2.40. The summed E-state index contributed by atoms with van der Waals surface area (Å²) in [5.41, 5.74) is 1.09. The van der Waals surface area contributed by atoms with Crippen molar-refractivity contribution >= 4 is 33.1 Å². The molecule has 1 aromatic carbocycles. The number of amides is 1. The van der Waals surface area contributed by atoms with Gasteiger partial charge in [0.2, 0.25) is 10.0 Å². The number of carbonyl (C=O) groups is 2. The summed E-state index contributed by atoms with van der Waals surface area (Å²) < 4.78 is 32.6. The third-order valence-electron chi connectivity index (χ3n) is 4.63. The van der Waals surface area contributed by atoms with E-state index < -0.39 is 27.3 Å². The fourth-order valence-electron chi connectivity index (χ4n) is 3.00. The van der Waals surface area contributed by atoms with Gasteiger partial charge in [0.25, 0.3) is 5.91 Å². The molecule has 1 atom stereocenters. The van der Waals surface area contributed by atoms with Gasteiger partial charge < -0.3 is 4.74 Å². The molecule has 11 heteroatoms. The number of hydroxylamine groups is 1. The fourth-order valence-corrected chi connectivity index (χ4v) is 5.28. The third kappa shape index (κ3) is 3.65. The number of ether oxygens (including phenoxy) is 1. The maximum Gasteiger partial charge on any atom is 0.272 e. The van der Waals surface area contributed by atoms with E-state index in [1.165, 1.54) is 48.0 Å². The number of Topliss-reactive ketones (excluding diaryl/α,β-unsaturated/α-hetero) is 1. The molecule has 0 spiro atoms. The summed E-state index contributed by atoms with van der Waals surface area (Å²) in [5.74, 6) is -1.18. The van der Waals surface area contributed by atoms with Crippen molar-refractivity contribution in [1.29, 1.82) is 0 Å². The number of benzene rings is 1. The molecule has 0 bridgehead atoms. The van der Waals surface area contributed by atoms with Crippen molar-refractivity contribution in [3.05, 3.63) is 40.8 Å². The third-order valence-corrected chi connectivity index (χ3v) is 7.38. The molecule has 2 N–H and O–H groups in total. The lowest BCUT2D eigenvalue weighted by Crippen LogP contribution is -2.65. The van der Waals surface area contributed by atoms with Gasteiger partial charge in [-0.2, -0.15) is 4.31 Å². The first-order chi connectivity index (χ1) is 13.3. The number of ketones is 1. The molecule has 1 amide bonds. The topological polar surface area (TPSA) is 126 Å². The summed E-state index contributed by atoms with van der Waals surface area (Å²) in [7, 11) is -4.16. The van der Waals surface area contributed by atoms with Crippen LogP contribution >= 0.6 is 11.3 Å². The Bertz CT molecular complexity index is 949. The van der Waals surface area contributed by atoms with Gasteiger partial charge in [0.15, 0.2) is 11.3 Å². The molecule has 1 aromatic heterocycles. The van der Waals surface area contributed by atoms with Gasteiger partial charge in [0.05, 0.1) is 15.3 Å². The quantitative estimate of drug-likeness (QED) is 0.406. The van der Waals surface area contributed by atoms with Gasteiger partial charge >= 0.3 is 0 Å². The summed E-state index contributed by atoms with van der Waals surface area (Å²) >= 11 is 1.44. The van der Waals surface area contributed by atoms with Gasteiger partial charge in [0, 0.05) is 19.2 Å². The van der Waals surface area contributed by atoms with Gasteiger partial charge in [-0.05, 0) is 37.6 Å². The summed E-state index contributed by atoms with van der Waals surface area (Å²) in [4.78, 5) is 29.3. The van der Waals surface area contributed by atoms with Crippen LogP contribution < -0.4 is 10.2 Å². The standard InChI is InChI=1S/C17H19N3O6S2/c1-17(16(22)19-23)15(21)3-2-8-20(17)28(24,25)14-6-4-12(5-7-14)26-10-13-9-18-11-27-13/h4-7,9,11,23H,2-3,8,10H2,1H3,(H,19,22)/t17-/m1/s1. The van der Waals surface area contributed by atoms with Crippen LogP contribution in [0.2, 0.25) is 0 Å². The monoisotopic (exact) mass is 425 g/mol. The number of hydrogen-bond donors (Lipinski definition) is 2. The molecular weight excluding hydrogens is 406 g/mol. The van der Waals surface area contributed by atoms with Crippen molar-refractivity contribution in [2.45, 2.75) is 36.8 Å². The van der Waals surface area contributed by atoms with Crippen LogP contribution in [-0.2, 0) is 26.2 Å². The Labute approximate surface area is 166 Å². The van der Waals surface area contributed by atoms with Crippen LogP contribution in [0.3, 0.4) is 0 Å². The van der Waals surface area contributed by atoms with Crippen LogP contribution in [0.5, 0.6) is 5.75 Å². The smallest absolute Gasteiger partial charge is 0.272 e. The highest BCUT2D eigenvalue weighted by molar-refractivity contribution is 7.89. The zero-order chi connectivity index (χ0) is 20.4. The normalized spacial score (nSPS) is 20.7. The highest BCUT2D eigenvalue weighted by Crippen LogP contribution is 2.32. The number of carbonyl (C=O) groups excluding carboxylic acids is 2. The van der Waals surface area contributed by atoms with E-state index in [9.17, 15) is 18.0 Å². The summed E-state index contributed by atoms with van der Waals surface area (Å²) in [6, 6.07) is 5.72. The Hall–Kier alpha value is -2.34. The second kappa shape index (κ2) is 7.95. The molecule has 28 heavy (non-hydrogen) atoms. The molecule has 0 radical (unpaired) electrons. The molecule has 0 saturated carbocycles. The first-order valence-corrected chi connectivity index (χ1v) is 10.7. The van der Waals surface area contributed by atoms with E-state index in [1.54, 1.807) is 11.7 Å². The predicted octanol–water partition coefficient (Wildman–Crippen LogP) is 1.34. The Kier molecular flexibility index (Phi) is 5.79. The Morgan fingerprint density at radius 2 is 2.11 bits per heavy atom. The molecule has 1 fully saturated rings. The van der Waals surface area contributed by atoms with Gasteiger partial charge in [-0.3, -0.25) is 19.8 Å². The van der Waals surface area contributed by atoms with Crippen LogP contribution in [0.15, 0.2) is 40.9 Å². The van der Waals surface area contributed by atoms with E-state index in [1.807, 2.05) is 0 Å². The number of nitrogens with zero attached hydrogens (tertiary/aromatic N) is 2. The number of hydrogen-bond acceptors (Lipinski definition) is 8. The lowest BCUT2D eigenvalue weighted by atomic mass is 9.89. The second-order valence-corrected chi connectivity index (χ2v) is 9.18. The summed E-state index contributed by atoms with van der Waals surface area (Å²) in [6.07, 6.45) is 2.03. The Balaban J connectivity index is 1.84. The maximum atomic E-state index is 13.1. The average Bonchev–Trinajstić information content (AvgIpc) is 3.21. The van der Waals surface area contributed by atoms with Crippen molar-refractivity contribution in [2.75, 3.05) is 6.54 Å². The molecule has 9 nitrogen and oxygen atoms in total. The van der Waals surface area contributed by atoms with E-state index in [4.69, 9.17) is 9.94 Å². The van der Waals surface area contributed by atoms with Crippen molar-refractivity contribution in [3.8, 4) is 5.75 Å². The first kappa shape index (κ1) is 20.4. The van der Waals surface area contributed by atoms with Crippen LogP contribution in [0.4, 0.5) is 0 Å². The van der Waals surface area contributed by atoms with Crippen molar-refractivity contribution in [3.63, 3.8) is 0 Å². The van der Waals surface area contributed by atoms with Crippen molar-refractivity contribution in [1.82, 2.24) is 14.8 Å². The number of sulfonamides is 1. The maximum absolute atomic E-state index is 13.1. The number of piperidine rings is 1. The minimum absolute atomic E-state index is 0.0123. The molecule has 1 saturated heterocycles. The fraction of sp³-hybridized carbons (Fsp3) is 0.353. The highest BCUT2D eigenvalue weighted by atomic mass is 32.2. The van der Waals surface area contributed by atoms with Crippen molar-refractivity contribution in [2.24, 2.45) is 0 Å². The minimum Gasteiger partial charge on any atom is -0.488 e. The molecular formula is C17H19N3O6S2. The van der Waals surface area contributed by atoms with E-state index in [0.29, 0.717) is 18.8 Å². The lowest BCUT2D eigenvalue weighted by molar-refractivity contribution is -0.148. The first-order valence-electron chi connectivity index (χ1n) is 8.41. The molecule has 150 valence electrons. The van der Waals surface area contributed by atoms with Crippen molar-refractivity contribution < 1.29 is 28.0 Å². The number of rotatable bonds is 6. The molecule has 2 aromatic rings. The van der Waals surface area contributed by atoms with E-state index >= 15 is 0 Å². The largest absolute Gasteiger partial charge is 0.488 e. The summed E-state index contributed by atoms with van der Waals surface area (Å²) in [6.45, 7) is 1.50. The zero-order valence-electron chi connectivity index (χ0n) is 15.0. The van der Waals surface area contributed by atoms with Gasteiger partial charge in [0.1, 0.15) is 12.4 Å². The molecule has 0 unspecified atom stereocenters. The Morgan fingerprint density at radius 3 is 2.71 bits per heavy atom. The minimum atomic E-state index is -4.16. The van der Waals surface area contributed by atoms with Gasteiger partial charge in [-0.25, -0.2) is 13.9 Å². The van der Waals surface area contributed by atoms with Crippen LogP contribution in [0, 0.1) is 0 Å².